The number of likely N-dealkylation sites (tertiary alicyclic amines) is 1. The van der Waals surface area contributed by atoms with Crippen LogP contribution in [0.3, 0.4) is 0 Å². The number of sulfonamides is 1. The summed E-state index contributed by atoms with van der Waals surface area (Å²) in [5.41, 5.74) is -1.41. The van der Waals surface area contributed by atoms with Crippen LogP contribution in [0.5, 0.6) is 0 Å². The molecule has 2 rings (SSSR count). The topological polar surface area (TPSA) is 174 Å². The molecule has 1 aliphatic heterocycles. The highest BCUT2D eigenvalue weighted by Crippen LogP contribution is 2.53. The SMILES string of the molecule is CCCNC(=O)C(=O)C(CCC)NC(=O)[C@@H]1[C@H]2CCC(C)(C)[C@H]2CN1C(=O)[C@@H](NC(=O)N[C@H](CN(C)S(C)(=O)=O)C(C)(C)C)C(C)(C)C. The zero-order valence-corrected chi connectivity index (χ0v) is 32.1. The number of Topliss-reactive ketones (excluding diaryl/α,β-unsaturated/α-hetero) is 1. The number of nitrogens with zero attached hydrogens (tertiary/aromatic N) is 2. The van der Waals surface area contributed by atoms with Crippen molar-refractivity contribution in [2.75, 3.05) is 32.9 Å². The summed E-state index contributed by atoms with van der Waals surface area (Å²) in [5, 5.41) is 11.2. The Labute approximate surface area is 288 Å². The fourth-order valence-electron chi connectivity index (χ4n) is 6.76. The number of ketones is 1. The molecule has 0 bridgehead atoms. The molecule has 0 radical (unpaired) electrons. The van der Waals surface area contributed by atoms with Crippen LogP contribution in [0.2, 0.25) is 0 Å². The number of hydrogen-bond donors (Lipinski definition) is 4. The van der Waals surface area contributed by atoms with Crippen LogP contribution in [0.15, 0.2) is 0 Å². The molecule has 2 fully saturated rings. The number of hydrogen-bond acceptors (Lipinski definition) is 7. The Bertz CT molecular complexity index is 1300. The van der Waals surface area contributed by atoms with E-state index in [4.69, 9.17) is 0 Å². The molecule has 1 saturated carbocycles. The van der Waals surface area contributed by atoms with Gasteiger partial charge in [0.05, 0.1) is 12.3 Å². The average Bonchev–Trinajstić information content (AvgIpc) is 3.48. The van der Waals surface area contributed by atoms with Crippen molar-refractivity contribution in [3.05, 3.63) is 0 Å². The molecule has 0 aromatic carbocycles. The molecule has 13 nitrogen and oxygen atoms in total. The fourth-order valence-corrected chi connectivity index (χ4v) is 7.18. The Balaban J connectivity index is 2.41. The first-order valence-corrected chi connectivity index (χ1v) is 19.1. The third kappa shape index (κ3) is 10.4. The highest BCUT2D eigenvalue weighted by Gasteiger charge is 2.57. The second-order valence-electron chi connectivity index (χ2n) is 16.6. The molecule has 1 heterocycles. The van der Waals surface area contributed by atoms with Crippen molar-refractivity contribution >= 4 is 39.6 Å². The number of amides is 5. The summed E-state index contributed by atoms with van der Waals surface area (Å²) in [6.45, 7) is 19.9. The van der Waals surface area contributed by atoms with Crippen LogP contribution >= 0.6 is 0 Å². The summed E-state index contributed by atoms with van der Waals surface area (Å²) in [4.78, 5) is 69.4. The highest BCUT2D eigenvalue weighted by molar-refractivity contribution is 7.88. The number of nitrogens with one attached hydrogen (secondary N) is 4. The van der Waals surface area contributed by atoms with Crippen LogP contribution in [-0.2, 0) is 29.2 Å². The van der Waals surface area contributed by atoms with Gasteiger partial charge in [-0.05, 0) is 53.8 Å². The molecule has 5 amide bonds. The van der Waals surface area contributed by atoms with E-state index in [9.17, 15) is 32.4 Å². The lowest BCUT2D eigenvalue weighted by atomic mass is 9.79. The minimum absolute atomic E-state index is 0.0247. The maximum absolute atomic E-state index is 14.5. The summed E-state index contributed by atoms with van der Waals surface area (Å²) in [7, 11) is -2.06. The number of fused-ring (bicyclic) bond motifs is 1. The lowest BCUT2D eigenvalue weighted by Gasteiger charge is -2.38. The van der Waals surface area contributed by atoms with Gasteiger partial charge in [-0.3, -0.25) is 19.2 Å². The van der Waals surface area contributed by atoms with Crippen molar-refractivity contribution in [2.45, 2.75) is 126 Å². The monoisotopic (exact) mass is 698 g/mol. The largest absolute Gasteiger partial charge is 0.349 e. The lowest BCUT2D eigenvalue weighted by molar-refractivity contribution is -0.144. The Morgan fingerprint density at radius 3 is 2.04 bits per heavy atom. The van der Waals surface area contributed by atoms with E-state index < -0.39 is 74.6 Å². The Kier molecular flexibility index (Phi) is 13.7. The highest BCUT2D eigenvalue weighted by atomic mass is 32.2. The van der Waals surface area contributed by atoms with E-state index in [1.165, 1.54) is 11.4 Å². The minimum atomic E-state index is -3.50. The standard InChI is InChI=1S/C34H62N6O7S/c1-13-15-23(26(41)29(43)35-18-14-2)36-28(42)25-21-16-17-34(9,10)22(21)19-40(25)30(44)27(33(6,7)8)38-31(45)37-24(32(3,4)5)20-39(11)48(12,46)47/h21-25,27H,13-20H2,1-12H3,(H,35,43)(H,36,42)(H2,37,38,45)/t21-,22-,23?,24+,25-,27+/m0/s1. The van der Waals surface area contributed by atoms with Crippen LogP contribution in [0.1, 0.15) is 101 Å². The van der Waals surface area contributed by atoms with E-state index in [0.717, 1.165) is 19.1 Å². The summed E-state index contributed by atoms with van der Waals surface area (Å²) >= 11 is 0. The molecule has 4 N–H and O–H groups in total. The van der Waals surface area contributed by atoms with E-state index in [2.05, 4.69) is 35.1 Å². The normalized spacial score (nSPS) is 22.8. The van der Waals surface area contributed by atoms with Crippen molar-refractivity contribution < 1.29 is 32.4 Å². The summed E-state index contributed by atoms with van der Waals surface area (Å²) in [5.74, 6) is -2.47. The number of likely N-dealkylation sites (N-methyl/N-ethyl adjacent to an activating group) is 1. The molecule has 48 heavy (non-hydrogen) atoms. The molecule has 2 aliphatic rings. The van der Waals surface area contributed by atoms with Gasteiger partial charge in [0.15, 0.2) is 0 Å². The van der Waals surface area contributed by atoms with Gasteiger partial charge in [-0.1, -0.05) is 75.7 Å². The van der Waals surface area contributed by atoms with Gasteiger partial charge < -0.3 is 26.2 Å². The Hall–Kier alpha value is -2.74. The van der Waals surface area contributed by atoms with Gasteiger partial charge in [0.1, 0.15) is 12.1 Å². The lowest BCUT2D eigenvalue weighted by Crippen LogP contribution is -2.62. The number of carbonyl (C=O) groups excluding carboxylic acids is 5. The van der Waals surface area contributed by atoms with Crippen LogP contribution in [-0.4, -0.2) is 104 Å². The van der Waals surface area contributed by atoms with Gasteiger partial charge in [0.2, 0.25) is 27.6 Å². The predicted octanol–water partition coefficient (Wildman–Crippen LogP) is 2.65. The summed E-state index contributed by atoms with van der Waals surface area (Å²) < 4.78 is 25.4. The van der Waals surface area contributed by atoms with E-state index >= 15 is 0 Å². The van der Waals surface area contributed by atoms with E-state index in [1.54, 1.807) is 4.90 Å². The average molecular weight is 699 g/mol. The first kappa shape index (κ1) is 41.4. The van der Waals surface area contributed by atoms with Gasteiger partial charge >= 0.3 is 6.03 Å². The maximum Gasteiger partial charge on any atom is 0.315 e. The summed E-state index contributed by atoms with van der Waals surface area (Å²) in [6, 6.07) is -4.14. The molecule has 1 unspecified atom stereocenters. The van der Waals surface area contributed by atoms with Crippen molar-refractivity contribution in [3.63, 3.8) is 0 Å². The van der Waals surface area contributed by atoms with Crippen LogP contribution in [0.25, 0.3) is 0 Å². The third-order valence-electron chi connectivity index (χ3n) is 10.0. The van der Waals surface area contributed by atoms with Crippen LogP contribution in [0.4, 0.5) is 4.79 Å². The number of carbonyl (C=O) groups is 5. The minimum Gasteiger partial charge on any atom is -0.349 e. The second kappa shape index (κ2) is 15.9. The Morgan fingerprint density at radius 1 is 0.938 bits per heavy atom. The van der Waals surface area contributed by atoms with Crippen LogP contribution in [0, 0.1) is 28.1 Å². The molecule has 6 atom stereocenters. The number of rotatable bonds is 14. The molecule has 0 spiro atoms. The Morgan fingerprint density at radius 2 is 1.54 bits per heavy atom. The first-order valence-electron chi connectivity index (χ1n) is 17.3. The quantitative estimate of drug-likeness (QED) is 0.202. The summed E-state index contributed by atoms with van der Waals surface area (Å²) in [6.07, 6.45) is 4.20. The van der Waals surface area contributed by atoms with Gasteiger partial charge in [-0.25, -0.2) is 17.5 Å². The van der Waals surface area contributed by atoms with Gasteiger partial charge in [-0.15, -0.1) is 0 Å². The third-order valence-corrected chi connectivity index (χ3v) is 11.3. The molecular formula is C34H62N6O7S. The first-order chi connectivity index (χ1) is 21.9. The van der Waals surface area contributed by atoms with E-state index in [1.807, 2.05) is 55.4 Å². The zero-order chi connectivity index (χ0) is 37.0. The van der Waals surface area contributed by atoms with Crippen molar-refractivity contribution in [1.29, 1.82) is 0 Å². The molecule has 276 valence electrons. The van der Waals surface area contributed by atoms with Gasteiger partial charge in [-0.2, -0.15) is 0 Å². The van der Waals surface area contributed by atoms with Gasteiger partial charge in [0.25, 0.3) is 5.91 Å². The molecule has 0 aromatic heterocycles. The fraction of sp³-hybridized carbons (Fsp3) is 0.853. The van der Waals surface area contributed by atoms with Crippen molar-refractivity contribution in [2.24, 2.45) is 28.1 Å². The smallest absolute Gasteiger partial charge is 0.315 e. The molecule has 1 saturated heterocycles. The predicted molar refractivity (Wildman–Crippen MR) is 186 cm³/mol. The molecule has 0 aromatic rings. The maximum atomic E-state index is 14.5. The van der Waals surface area contributed by atoms with E-state index in [0.29, 0.717) is 25.9 Å². The van der Waals surface area contributed by atoms with Gasteiger partial charge in [0, 0.05) is 32.7 Å². The van der Waals surface area contributed by atoms with Crippen LogP contribution < -0.4 is 21.3 Å². The molecular weight excluding hydrogens is 636 g/mol. The second-order valence-corrected chi connectivity index (χ2v) is 18.7. The van der Waals surface area contributed by atoms with E-state index in [-0.39, 0.29) is 30.2 Å². The van der Waals surface area contributed by atoms with Crippen molar-refractivity contribution in [1.82, 2.24) is 30.5 Å². The number of urea groups is 1. The zero-order valence-electron chi connectivity index (χ0n) is 31.3. The molecule has 1 aliphatic carbocycles. The van der Waals surface area contributed by atoms with Crippen molar-refractivity contribution in [3.8, 4) is 0 Å². The molecule has 14 heteroatoms.